The largest absolute Gasteiger partial charge is 0.387 e. The van der Waals surface area contributed by atoms with Crippen molar-refractivity contribution in [3.8, 4) is 0 Å². The monoisotopic (exact) mass is 694 g/mol. The van der Waals surface area contributed by atoms with Gasteiger partial charge in [0.1, 0.15) is 11.7 Å². The standard InChI is InChI=1S/C45H38N6S/c1-2-7-31(8-3-1)40-28-34-17-18-39-41(42(34)52-40)37-11-4-5-12-38(37)51(39)36-10-6-9-35(27-36)45-49-43(48-44(50-45)33-21-25-47-26-22-33)32-15-13-29(14-16-32)30-19-23-46-24-20-30/h1-23,25,27,37-38,40,44,46-47H,24,26,28H2,(H,48,49,50). The number of amidine groups is 2. The number of aliphatic imine (C=N–C) groups is 2. The maximum absolute atomic E-state index is 5.22. The number of hydrogen-bond acceptors (Lipinski definition) is 7. The van der Waals surface area contributed by atoms with Gasteiger partial charge in [-0.25, -0.2) is 9.98 Å². The van der Waals surface area contributed by atoms with Crippen LogP contribution >= 0.6 is 11.8 Å². The van der Waals surface area contributed by atoms with Gasteiger partial charge in [0, 0.05) is 51.7 Å². The van der Waals surface area contributed by atoms with E-state index in [4.69, 9.17) is 9.98 Å². The van der Waals surface area contributed by atoms with Crippen molar-refractivity contribution in [1.29, 1.82) is 0 Å². The predicted octanol–water partition coefficient (Wildman–Crippen LogP) is 8.47. The zero-order chi connectivity index (χ0) is 34.4. The minimum Gasteiger partial charge on any atom is -0.387 e. The van der Waals surface area contributed by atoms with E-state index in [-0.39, 0.29) is 12.2 Å². The number of thioether (sulfide) groups is 1. The molecule has 5 aliphatic heterocycles. The lowest BCUT2D eigenvalue weighted by molar-refractivity contribution is 0.737. The third kappa shape index (κ3) is 5.53. The van der Waals surface area contributed by atoms with Crippen molar-refractivity contribution in [1.82, 2.24) is 16.0 Å². The molecule has 5 heterocycles. The van der Waals surface area contributed by atoms with Crippen LogP contribution in [-0.2, 0) is 6.42 Å². The molecule has 0 bridgehead atoms. The molecule has 4 atom stereocenters. The van der Waals surface area contributed by atoms with Gasteiger partial charge in [-0.3, -0.25) is 0 Å². The molecule has 52 heavy (non-hydrogen) atoms. The third-order valence-electron chi connectivity index (χ3n) is 10.7. The molecule has 3 N–H and O–H groups in total. The van der Waals surface area contributed by atoms with Gasteiger partial charge >= 0.3 is 0 Å². The molecule has 7 heteroatoms. The molecule has 0 radical (unpaired) electrons. The normalized spacial score (nSPS) is 23.7. The average Bonchev–Trinajstić information content (AvgIpc) is 3.82. The summed E-state index contributed by atoms with van der Waals surface area (Å²) in [7, 11) is 0. The van der Waals surface area contributed by atoms with E-state index < -0.39 is 0 Å². The molecular formula is C45H38N6S. The predicted molar refractivity (Wildman–Crippen MR) is 215 cm³/mol. The quantitative estimate of drug-likeness (QED) is 0.189. The van der Waals surface area contributed by atoms with E-state index in [1.54, 1.807) is 0 Å². The van der Waals surface area contributed by atoms with Crippen molar-refractivity contribution in [2.24, 2.45) is 9.98 Å². The van der Waals surface area contributed by atoms with Crippen LogP contribution in [0.1, 0.15) is 44.5 Å². The van der Waals surface area contributed by atoms with E-state index in [2.05, 4.69) is 160 Å². The molecule has 10 rings (SSSR count). The molecule has 254 valence electrons. The Bertz CT molecular complexity index is 2310. The Hall–Kier alpha value is -5.79. The van der Waals surface area contributed by atoms with Crippen LogP contribution in [0.2, 0.25) is 0 Å². The van der Waals surface area contributed by atoms with Crippen molar-refractivity contribution in [3.63, 3.8) is 0 Å². The number of hydrogen-bond donors (Lipinski definition) is 3. The highest BCUT2D eigenvalue weighted by Gasteiger charge is 2.42. The Morgan fingerprint density at radius 1 is 0.712 bits per heavy atom. The van der Waals surface area contributed by atoms with Crippen molar-refractivity contribution < 1.29 is 0 Å². The van der Waals surface area contributed by atoms with Crippen LogP contribution < -0.4 is 20.9 Å². The summed E-state index contributed by atoms with van der Waals surface area (Å²) in [6.07, 6.45) is 22.5. The highest BCUT2D eigenvalue weighted by molar-refractivity contribution is 8.00. The summed E-state index contributed by atoms with van der Waals surface area (Å²) in [5, 5.41) is 10.6. The van der Waals surface area contributed by atoms with Crippen LogP contribution in [0.25, 0.3) is 5.57 Å². The van der Waals surface area contributed by atoms with Crippen LogP contribution in [0.3, 0.4) is 0 Å². The van der Waals surface area contributed by atoms with Gasteiger partial charge in [-0.05, 0) is 82.6 Å². The first-order chi connectivity index (χ1) is 25.8. The number of nitrogens with one attached hydrogen (secondary N) is 3. The molecule has 0 spiro atoms. The summed E-state index contributed by atoms with van der Waals surface area (Å²) in [6.45, 7) is 1.60. The van der Waals surface area contributed by atoms with Crippen LogP contribution in [0.4, 0.5) is 11.4 Å². The fourth-order valence-corrected chi connectivity index (χ4v) is 9.64. The third-order valence-corrected chi connectivity index (χ3v) is 12.1. The molecule has 4 unspecified atom stereocenters. The van der Waals surface area contributed by atoms with Gasteiger partial charge in [-0.1, -0.05) is 109 Å². The first-order valence-corrected chi connectivity index (χ1v) is 19.0. The molecule has 0 fully saturated rings. The second-order valence-corrected chi connectivity index (χ2v) is 15.0. The zero-order valence-corrected chi connectivity index (χ0v) is 29.4. The van der Waals surface area contributed by atoms with Crippen molar-refractivity contribution in [2.45, 2.75) is 34.7 Å². The van der Waals surface area contributed by atoms with E-state index in [1.807, 2.05) is 24.2 Å². The number of anilines is 2. The van der Waals surface area contributed by atoms with E-state index in [0.717, 1.165) is 53.6 Å². The van der Waals surface area contributed by atoms with Gasteiger partial charge in [0.25, 0.3) is 0 Å². The summed E-state index contributed by atoms with van der Waals surface area (Å²) in [5.41, 5.74) is 12.4. The number of rotatable bonds is 6. The Kier molecular flexibility index (Phi) is 7.79. The van der Waals surface area contributed by atoms with Gasteiger partial charge in [-0.2, -0.15) is 0 Å². The van der Waals surface area contributed by atoms with Gasteiger partial charge in [0.2, 0.25) is 0 Å². The fourth-order valence-electron chi connectivity index (χ4n) is 8.13. The van der Waals surface area contributed by atoms with Crippen LogP contribution in [0.5, 0.6) is 0 Å². The Morgan fingerprint density at radius 3 is 2.31 bits per heavy atom. The van der Waals surface area contributed by atoms with Crippen LogP contribution in [0, 0.1) is 0 Å². The molecule has 6 aliphatic rings. The number of nitrogens with zero attached hydrogens (tertiary/aromatic N) is 3. The van der Waals surface area contributed by atoms with E-state index >= 15 is 0 Å². The minimum atomic E-state index is -0.344. The van der Waals surface area contributed by atoms with Crippen molar-refractivity contribution >= 4 is 40.4 Å². The Morgan fingerprint density at radius 2 is 1.50 bits per heavy atom. The number of allylic oxidation sites excluding steroid dienone is 4. The van der Waals surface area contributed by atoms with E-state index in [1.165, 1.54) is 38.4 Å². The van der Waals surface area contributed by atoms with E-state index in [9.17, 15) is 0 Å². The lowest BCUT2D eigenvalue weighted by Crippen LogP contribution is -2.38. The number of dihydropyridines is 2. The first-order valence-electron chi connectivity index (χ1n) is 18.1. The molecule has 0 aromatic heterocycles. The highest BCUT2D eigenvalue weighted by Crippen LogP contribution is 2.57. The second-order valence-electron chi connectivity index (χ2n) is 13.8. The number of fused-ring (bicyclic) bond motifs is 5. The topological polar surface area (TPSA) is 64.0 Å². The van der Waals surface area contributed by atoms with Crippen molar-refractivity contribution in [3.05, 3.63) is 191 Å². The first kappa shape index (κ1) is 31.0. The molecule has 4 aromatic carbocycles. The SMILES string of the molecule is C1=CC2c3c(ccc4c3SC(c3ccccc3)C4)N(c3cccc(C4=NC(C5=CCNC=C5)N=C(c5ccc(C6=CCNC=C6)cc5)N4)c3)C2C=C1. The van der Waals surface area contributed by atoms with Crippen LogP contribution in [0.15, 0.2) is 172 Å². The van der Waals surface area contributed by atoms with Gasteiger partial charge in [0.15, 0.2) is 6.17 Å². The molecule has 4 aromatic rings. The molecule has 6 nitrogen and oxygen atoms in total. The van der Waals surface area contributed by atoms with Crippen LogP contribution in [-0.4, -0.2) is 37.0 Å². The average molecular weight is 695 g/mol. The summed E-state index contributed by atoms with van der Waals surface area (Å²) in [5.74, 6) is 1.94. The second kappa shape index (κ2) is 13.1. The van der Waals surface area contributed by atoms with Gasteiger partial charge < -0.3 is 20.9 Å². The van der Waals surface area contributed by atoms with E-state index in [0.29, 0.717) is 11.2 Å². The molecule has 0 amide bonds. The molecule has 1 aliphatic carbocycles. The molecule has 0 saturated carbocycles. The van der Waals surface area contributed by atoms with Gasteiger partial charge in [0.05, 0.1) is 6.04 Å². The molecular weight excluding hydrogens is 657 g/mol. The fraction of sp³-hybridized carbons (Fsp3) is 0.156. The Balaban J connectivity index is 0.999. The summed E-state index contributed by atoms with van der Waals surface area (Å²) >= 11 is 2.04. The summed E-state index contributed by atoms with van der Waals surface area (Å²) < 4.78 is 0. The number of benzene rings is 4. The maximum Gasteiger partial charge on any atom is 0.169 e. The lowest BCUT2D eigenvalue weighted by Gasteiger charge is -2.29. The van der Waals surface area contributed by atoms with Crippen molar-refractivity contribution in [2.75, 3.05) is 18.0 Å². The molecule has 0 saturated heterocycles. The minimum absolute atomic E-state index is 0.206. The lowest BCUT2D eigenvalue weighted by atomic mass is 9.90. The smallest absolute Gasteiger partial charge is 0.169 e. The zero-order valence-electron chi connectivity index (χ0n) is 28.6. The Labute approximate surface area is 308 Å². The maximum atomic E-state index is 5.22. The summed E-state index contributed by atoms with van der Waals surface area (Å²) in [4.78, 5) is 14.4. The highest BCUT2D eigenvalue weighted by atomic mass is 32.2. The van der Waals surface area contributed by atoms with Gasteiger partial charge in [-0.15, -0.1) is 11.8 Å². The summed E-state index contributed by atoms with van der Waals surface area (Å²) in [6, 6.07) is 33.4.